The molecule has 2 fully saturated rings. The summed E-state index contributed by atoms with van der Waals surface area (Å²) in [6.07, 6.45) is -1.53. The first kappa shape index (κ1) is 33.6. The fourth-order valence-corrected chi connectivity index (χ4v) is 9.08. The van der Waals surface area contributed by atoms with Crippen molar-refractivity contribution >= 4 is 22.1 Å². The molecule has 0 saturated carbocycles. The van der Waals surface area contributed by atoms with Crippen LogP contribution in [0.3, 0.4) is 0 Å². The van der Waals surface area contributed by atoms with E-state index in [1.54, 1.807) is 19.1 Å². The third kappa shape index (κ3) is 5.99. The second-order valence-electron chi connectivity index (χ2n) is 13.3. The number of hydrogen-bond acceptors (Lipinski definition) is 7. The van der Waals surface area contributed by atoms with E-state index in [1.165, 1.54) is 45.6 Å². The van der Waals surface area contributed by atoms with Gasteiger partial charge in [0.1, 0.15) is 24.2 Å². The number of carbonyl (C=O) groups is 2. The Morgan fingerprint density at radius 2 is 1.48 bits per heavy atom. The van der Waals surface area contributed by atoms with Crippen LogP contribution < -0.4 is 4.74 Å². The Kier molecular flexibility index (Phi) is 8.55. The van der Waals surface area contributed by atoms with Gasteiger partial charge < -0.3 is 14.2 Å². The number of esters is 1. The number of fused-ring (bicyclic) bond motifs is 3. The monoisotopic (exact) mass is 718 g/mol. The zero-order valence-electron chi connectivity index (χ0n) is 28.2. The third-order valence-electron chi connectivity index (χ3n) is 10.1. The van der Waals surface area contributed by atoms with Gasteiger partial charge >= 0.3 is 12.1 Å². The average Bonchev–Trinajstić information content (AvgIpc) is 3.61. The molecule has 1 aliphatic carbocycles. The van der Waals surface area contributed by atoms with Crippen LogP contribution in [0.15, 0.2) is 132 Å². The van der Waals surface area contributed by atoms with Gasteiger partial charge in [0.05, 0.1) is 18.0 Å². The standard InChI is InChI=1S/C41H35FN2O7S/c1-27-44(40(46)49-24-37-35-16-7-5-14-33(35)34-15-6-8-17-36(34)37)38(39(45)50-27)23-28-10-9-13-32(22-28)52(47,48)43-25-41(26-43,29-11-3-2-4-12-29)51-31-20-18-30(42)19-21-31/h2-22,27,37-38H,23-26H2,1H3/t27-,38-/m0/s1. The van der Waals surface area contributed by atoms with Crippen LogP contribution in [0, 0.1) is 5.82 Å². The van der Waals surface area contributed by atoms with Crippen molar-refractivity contribution in [2.75, 3.05) is 19.7 Å². The summed E-state index contributed by atoms with van der Waals surface area (Å²) in [6, 6.07) is 36.3. The van der Waals surface area contributed by atoms with Gasteiger partial charge in [0, 0.05) is 12.3 Å². The Labute approximate surface area is 301 Å². The Balaban J connectivity index is 0.977. The number of amides is 1. The molecular weight excluding hydrogens is 684 g/mol. The number of carbonyl (C=O) groups excluding carboxylic acids is 2. The molecule has 264 valence electrons. The Hall–Kier alpha value is -5.52. The number of nitrogens with zero attached hydrogens (tertiary/aromatic N) is 2. The predicted octanol–water partition coefficient (Wildman–Crippen LogP) is 6.87. The highest BCUT2D eigenvalue weighted by atomic mass is 32.2. The Morgan fingerprint density at radius 1 is 0.846 bits per heavy atom. The van der Waals surface area contributed by atoms with E-state index >= 15 is 0 Å². The maximum absolute atomic E-state index is 13.9. The van der Waals surface area contributed by atoms with Crippen LogP contribution in [-0.4, -0.2) is 61.7 Å². The molecule has 5 aromatic carbocycles. The van der Waals surface area contributed by atoms with Crippen molar-refractivity contribution in [2.45, 2.75) is 42.0 Å². The van der Waals surface area contributed by atoms with Crippen LogP contribution in [-0.2, 0) is 36.3 Å². The Morgan fingerprint density at radius 3 is 2.15 bits per heavy atom. The summed E-state index contributed by atoms with van der Waals surface area (Å²) in [5, 5.41) is 0. The van der Waals surface area contributed by atoms with Crippen LogP contribution in [0.4, 0.5) is 9.18 Å². The van der Waals surface area contributed by atoms with Crippen molar-refractivity contribution in [1.82, 2.24) is 9.21 Å². The topological polar surface area (TPSA) is 102 Å². The largest absolute Gasteiger partial charge is 0.480 e. The molecule has 0 unspecified atom stereocenters. The van der Waals surface area contributed by atoms with Gasteiger partial charge in [-0.15, -0.1) is 0 Å². The second-order valence-corrected chi connectivity index (χ2v) is 15.2. The van der Waals surface area contributed by atoms with Gasteiger partial charge in [-0.05, 0) is 76.7 Å². The van der Waals surface area contributed by atoms with Gasteiger partial charge in [0.25, 0.3) is 0 Å². The number of cyclic esters (lactones) is 1. The van der Waals surface area contributed by atoms with Crippen molar-refractivity contribution in [3.8, 4) is 16.9 Å². The number of ether oxygens (including phenoxy) is 3. The van der Waals surface area contributed by atoms with E-state index in [9.17, 15) is 22.4 Å². The lowest BCUT2D eigenvalue weighted by Crippen LogP contribution is -2.64. The summed E-state index contributed by atoms with van der Waals surface area (Å²) in [4.78, 5) is 28.0. The first-order chi connectivity index (χ1) is 25.1. The minimum atomic E-state index is -3.99. The number of rotatable bonds is 9. The van der Waals surface area contributed by atoms with E-state index in [4.69, 9.17) is 14.2 Å². The predicted molar refractivity (Wildman–Crippen MR) is 190 cm³/mol. The molecule has 9 nitrogen and oxygen atoms in total. The van der Waals surface area contributed by atoms with Gasteiger partial charge in [0.15, 0.2) is 11.8 Å². The second kappa shape index (κ2) is 13.2. The normalized spacial score (nSPS) is 19.3. The molecule has 11 heteroatoms. The molecule has 5 aromatic rings. The lowest BCUT2D eigenvalue weighted by Gasteiger charge is -2.48. The molecule has 0 radical (unpaired) electrons. The fraction of sp³-hybridized carbons (Fsp3) is 0.220. The SMILES string of the molecule is C[C@@H]1OC(=O)[C@H](Cc2cccc(S(=O)(=O)N3CC(Oc4ccc(F)cc4)(c4ccccc4)C3)c2)N1C(=O)OCC1c2ccccc2-c2ccccc21. The molecule has 3 aliphatic rings. The zero-order chi connectivity index (χ0) is 36.0. The van der Waals surface area contributed by atoms with Gasteiger partial charge in [0.2, 0.25) is 10.0 Å². The summed E-state index contributed by atoms with van der Waals surface area (Å²) >= 11 is 0. The first-order valence-corrected chi connectivity index (χ1v) is 18.5. The summed E-state index contributed by atoms with van der Waals surface area (Å²) in [5.74, 6) is -0.736. The average molecular weight is 719 g/mol. The summed E-state index contributed by atoms with van der Waals surface area (Å²) in [5.41, 5.74) is 4.69. The molecule has 2 saturated heterocycles. The van der Waals surface area contributed by atoms with Crippen molar-refractivity contribution in [1.29, 1.82) is 0 Å². The number of halogens is 1. The highest BCUT2D eigenvalue weighted by Gasteiger charge is 2.52. The van der Waals surface area contributed by atoms with Gasteiger partial charge in [-0.3, -0.25) is 4.90 Å². The molecule has 2 aliphatic heterocycles. The highest BCUT2D eigenvalue weighted by Crippen LogP contribution is 2.45. The van der Waals surface area contributed by atoms with Crippen molar-refractivity contribution in [3.05, 3.63) is 155 Å². The molecule has 2 atom stereocenters. The van der Waals surface area contributed by atoms with Crippen molar-refractivity contribution in [2.24, 2.45) is 0 Å². The third-order valence-corrected chi connectivity index (χ3v) is 11.9. The highest BCUT2D eigenvalue weighted by molar-refractivity contribution is 7.89. The molecule has 0 aromatic heterocycles. The summed E-state index contributed by atoms with van der Waals surface area (Å²) < 4.78 is 60.5. The number of benzene rings is 5. The van der Waals surface area contributed by atoms with Gasteiger partial charge in [-0.25, -0.2) is 22.4 Å². The van der Waals surface area contributed by atoms with Crippen LogP contribution >= 0.6 is 0 Å². The maximum atomic E-state index is 13.9. The molecule has 8 rings (SSSR count). The lowest BCUT2D eigenvalue weighted by molar-refractivity contribution is -0.142. The molecular formula is C41H35FN2O7S. The zero-order valence-corrected chi connectivity index (χ0v) is 29.0. The quantitative estimate of drug-likeness (QED) is 0.153. The molecule has 1 amide bonds. The smallest absolute Gasteiger partial charge is 0.413 e. The van der Waals surface area contributed by atoms with E-state index in [2.05, 4.69) is 12.1 Å². The summed E-state index contributed by atoms with van der Waals surface area (Å²) in [7, 11) is -3.99. The molecule has 2 heterocycles. The summed E-state index contributed by atoms with van der Waals surface area (Å²) in [6.45, 7) is 1.75. The van der Waals surface area contributed by atoms with E-state index < -0.39 is 45.8 Å². The molecule has 0 N–H and O–H groups in total. The van der Waals surface area contributed by atoms with E-state index in [-0.39, 0.29) is 36.9 Å². The fourth-order valence-electron chi connectivity index (χ4n) is 7.47. The van der Waals surface area contributed by atoms with Gasteiger partial charge in [-0.2, -0.15) is 4.31 Å². The van der Waals surface area contributed by atoms with E-state index in [0.29, 0.717) is 11.3 Å². The van der Waals surface area contributed by atoms with E-state index in [1.807, 2.05) is 66.7 Å². The van der Waals surface area contributed by atoms with Crippen LogP contribution in [0.1, 0.15) is 35.1 Å². The van der Waals surface area contributed by atoms with Gasteiger partial charge in [-0.1, -0.05) is 91.0 Å². The number of sulfonamides is 1. The Bertz CT molecular complexity index is 2210. The minimum absolute atomic E-state index is 0.0262. The van der Waals surface area contributed by atoms with E-state index in [0.717, 1.165) is 27.8 Å². The van der Waals surface area contributed by atoms with Crippen molar-refractivity contribution < 1.29 is 36.6 Å². The molecule has 0 bridgehead atoms. The lowest BCUT2D eigenvalue weighted by atomic mass is 9.87. The number of hydrogen-bond donors (Lipinski definition) is 0. The first-order valence-electron chi connectivity index (χ1n) is 17.1. The van der Waals surface area contributed by atoms with Crippen LogP contribution in [0.5, 0.6) is 5.75 Å². The van der Waals surface area contributed by atoms with Crippen molar-refractivity contribution in [3.63, 3.8) is 0 Å². The van der Waals surface area contributed by atoms with Crippen LogP contribution in [0.25, 0.3) is 11.1 Å². The molecule has 0 spiro atoms. The maximum Gasteiger partial charge on any atom is 0.413 e. The van der Waals surface area contributed by atoms with Crippen LogP contribution in [0.2, 0.25) is 0 Å². The minimum Gasteiger partial charge on any atom is -0.480 e. The molecule has 52 heavy (non-hydrogen) atoms.